The number of benzene rings is 2. The van der Waals surface area contributed by atoms with Gasteiger partial charge in [-0.25, -0.2) is 4.39 Å². The maximum absolute atomic E-state index is 14.5. The van der Waals surface area contributed by atoms with Gasteiger partial charge in [0.25, 0.3) is 0 Å². The molecular weight excluding hydrogens is 455 g/mol. The monoisotopic (exact) mass is 476 g/mol. The molecule has 0 saturated heterocycles. The Hall–Kier alpha value is -4.83. The number of hydrogen-bond acceptors (Lipinski definition) is 6. The predicted octanol–water partition coefficient (Wildman–Crippen LogP) is 6.41. The Bertz CT molecular complexity index is 1690. The number of aromatic nitrogens is 2. The zero-order valence-corrected chi connectivity index (χ0v) is 19.6. The summed E-state index contributed by atoms with van der Waals surface area (Å²) in [6.45, 7) is 3.80. The molecule has 1 unspecified atom stereocenters. The van der Waals surface area contributed by atoms with Gasteiger partial charge in [-0.1, -0.05) is 18.2 Å². The van der Waals surface area contributed by atoms with Crippen LogP contribution in [0.5, 0.6) is 0 Å². The molecule has 5 rings (SSSR count). The lowest BCUT2D eigenvalue weighted by Crippen LogP contribution is -2.13. The molecule has 6 nitrogen and oxygen atoms in total. The second kappa shape index (κ2) is 9.43. The second-order valence-corrected chi connectivity index (χ2v) is 8.47. The van der Waals surface area contributed by atoms with E-state index in [1.54, 1.807) is 61.1 Å². The third kappa shape index (κ3) is 4.10. The minimum absolute atomic E-state index is 0.0678. The molecule has 1 N–H and O–H groups in total. The van der Waals surface area contributed by atoms with E-state index in [1.165, 1.54) is 6.07 Å². The van der Waals surface area contributed by atoms with Crippen LogP contribution in [0.2, 0.25) is 0 Å². The summed E-state index contributed by atoms with van der Waals surface area (Å²) in [7, 11) is 0. The quantitative estimate of drug-likeness (QED) is 0.315. The Balaban J connectivity index is 1.66. The number of rotatable bonds is 5. The van der Waals surface area contributed by atoms with Gasteiger partial charge in [0, 0.05) is 35.3 Å². The first kappa shape index (κ1) is 22.9. The Labute approximate surface area is 206 Å². The molecule has 0 saturated carbocycles. The van der Waals surface area contributed by atoms with Gasteiger partial charge >= 0.3 is 0 Å². The molecule has 1 atom stereocenters. The van der Waals surface area contributed by atoms with E-state index in [9.17, 15) is 14.4 Å². The first-order chi connectivity index (χ1) is 17.5. The van der Waals surface area contributed by atoms with Crippen molar-refractivity contribution in [2.45, 2.75) is 19.9 Å². The number of pyridine rings is 2. The first-order valence-corrected chi connectivity index (χ1v) is 11.4. The minimum Gasteiger partial charge on any atom is -0.454 e. The van der Waals surface area contributed by atoms with Crippen molar-refractivity contribution in [2.24, 2.45) is 0 Å². The summed E-state index contributed by atoms with van der Waals surface area (Å²) in [4.78, 5) is 21.8. The van der Waals surface area contributed by atoms with Crippen molar-refractivity contribution in [3.63, 3.8) is 0 Å². The van der Waals surface area contributed by atoms with Crippen molar-refractivity contribution in [1.29, 1.82) is 5.26 Å². The predicted molar refractivity (Wildman–Crippen MR) is 137 cm³/mol. The molecule has 3 heterocycles. The summed E-state index contributed by atoms with van der Waals surface area (Å²) in [5.74, 6) is -0.196. The summed E-state index contributed by atoms with van der Waals surface area (Å²) in [6.07, 6.45) is 4.77. The average molecular weight is 477 g/mol. The van der Waals surface area contributed by atoms with Gasteiger partial charge in [0.15, 0.2) is 5.76 Å². The summed E-state index contributed by atoms with van der Waals surface area (Å²) in [5, 5.41) is 13.5. The maximum atomic E-state index is 14.5. The fraction of sp³-hybridized carbons (Fsp3) is 0.103. The summed E-state index contributed by atoms with van der Waals surface area (Å²) in [6, 6.07) is 18.8. The molecule has 3 aromatic heterocycles. The number of nitriles is 1. The van der Waals surface area contributed by atoms with Gasteiger partial charge in [-0.2, -0.15) is 5.26 Å². The molecule has 0 fully saturated rings. The first-order valence-electron chi connectivity index (χ1n) is 11.4. The van der Waals surface area contributed by atoms with Gasteiger partial charge in [0.2, 0.25) is 5.43 Å². The highest BCUT2D eigenvalue weighted by molar-refractivity contribution is 5.86. The molecule has 0 aliphatic carbocycles. The topological polar surface area (TPSA) is 91.8 Å². The van der Waals surface area contributed by atoms with Crippen LogP contribution in [0.15, 0.2) is 88.5 Å². The number of anilines is 1. The summed E-state index contributed by atoms with van der Waals surface area (Å²) >= 11 is 0. The van der Waals surface area contributed by atoms with Gasteiger partial charge in [-0.05, 0) is 61.9 Å². The number of aryl methyl sites for hydroxylation is 1. The third-order valence-corrected chi connectivity index (χ3v) is 5.98. The van der Waals surface area contributed by atoms with Crippen LogP contribution >= 0.6 is 0 Å². The van der Waals surface area contributed by atoms with Crippen LogP contribution in [-0.2, 0) is 0 Å². The standard InChI is InChI=1S/C29H21FN4O2/c1-17-13-21(18(2)34-25-10-6-12-33-26(25)20-8-3-4-9-24(20)30)29-22(14-17)27(35)23(15-31)28(36-29)19-7-5-11-32-16-19/h3-14,16,18,34H,1-2H3. The van der Waals surface area contributed by atoms with Crippen molar-refractivity contribution in [3.8, 4) is 28.7 Å². The molecule has 0 radical (unpaired) electrons. The lowest BCUT2D eigenvalue weighted by atomic mass is 9.98. The Morgan fingerprint density at radius 1 is 1.08 bits per heavy atom. The highest BCUT2D eigenvalue weighted by Crippen LogP contribution is 2.34. The molecule has 5 aromatic rings. The molecule has 36 heavy (non-hydrogen) atoms. The number of hydrogen-bond donors (Lipinski definition) is 1. The van der Waals surface area contributed by atoms with E-state index >= 15 is 0 Å². The Morgan fingerprint density at radius 3 is 2.64 bits per heavy atom. The molecule has 0 aliphatic heterocycles. The van der Waals surface area contributed by atoms with Crippen LogP contribution in [0.4, 0.5) is 10.1 Å². The zero-order chi connectivity index (χ0) is 25.2. The molecule has 0 spiro atoms. The van der Waals surface area contributed by atoms with Crippen LogP contribution in [0.3, 0.4) is 0 Å². The van der Waals surface area contributed by atoms with Crippen LogP contribution in [0.25, 0.3) is 33.6 Å². The average Bonchev–Trinajstić information content (AvgIpc) is 2.90. The third-order valence-electron chi connectivity index (χ3n) is 5.98. The fourth-order valence-corrected chi connectivity index (χ4v) is 4.30. The van der Waals surface area contributed by atoms with E-state index in [4.69, 9.17) is 4.42 Å². The Kier molecular flexibility index (Phi) is 6.01. The maximum Gasteiger partial charge on any atom is 0.211 e. The van der Waals surface area contributed by atoms with Gasteiger partial charge in [0.05, 0.1) is 22.8 Å². The number of halogens is 1. The van der Waals surface area contributed by atoms with Crippen molar-refractivity contribution in [1.82, 2.24) is 9.97 Å². The fourth-order valence-electron chi connectivity index (χ4n) is 4.30. The highest BCUT2D eigenvalue weighted by atomic mass is 19.1. The van der Waals surface area contributed by atoms with Crippen LogP contribution < -0.4 is 10.7 Å². The molecule has 2 aromatic carbocycles. The normalized spacial score (nSPS) is 11.7. The van der Waals surface area contributed by atoms with E-state index in [1.807, 2.05) is 32.0 Å². The number of nitrogens with one attached hydrogen (secondary N) is 1. The van der Waals surface area contributed by atoms with Crippen molar-refractivity contribution in [3.05, 3.63) is 112 Å². The summed E-state index contributed by atoms with van der Waals surface area (Å²) in [5.41, 5.74) is 3.50. The molecule has 0 amide bonds. The van der Waals surface area contributed by atoms with Gasteiger partial charge in [-0.3, -0.25) is 14.8 Å². The van der Waals surface area contributed by atoms with Crippen molar-refractivity contribution < 1.29 is 8.81 Å². The van der Waals surface area contributed by atoms with E-state index in [0.717, 1.165) is 11.1 Å². The number of nitrogens with zero attached hydrogens (tertiary/aromatic N) is 3. The highest BCUT2D eigenvalue weighted by Gasteiger charge is 2.22. The van der Waals surface area contributed by atoms with E-state index in [0.29, 0.717) is 33.5 Å². The van der Waals surface area contributed by atoms with Crippen LogP contribution in [0, 0.1) is 24.1 Å². The van der Waals surface area contributed by atoms with Crippen molar-refractivity contribution in [2.75, 3.05) is 5.32 Å². The lowest BCUT2D eigenvalue weighted by molar-refractivity contribution is 0.608. The van der Waals surface area contributed by atoms with Gasteiger partial charge < -0.3 is 9.73 Å². The summed E-state index contributed by atoms with van der Waals surface area (Å²) < 4.78 is 20.8. The zero-order valence-electron chi connectivity index (χ0n) is 19.6. The second-order valence-electron chi connectivity index (χ2n) is 8.47. The Morgan fingerprint density at radius 2 is 1.89 bits per heavy atom. The van der Waals surface area contributed by atoms with Gasteiger partial charge in [0.1, 0.15) is 23.0 Å². The van der Waals surface area contributed by atoms with E-state index in [2.05, 4.69) is 15.3 Å². The smallest absolute Gasteiger partial charge is 0.211 e. The van der Waals surface area contributed by atoms with E-state index in [-0.39, 0.29) is 23.2 Å². The van der Waals surface area contributed by atoms with Crippen LogP contribution in [0.1, 0.15) is 29.7 Å². The van der Waals surface area contributed by atoms with Gasteiger partial charge in [-0.15, -0.1) is 0 Å². The van der Waals surface area contributed by atoms with Crippen LogP contribution in [-0.4, -0.2) is 9.97 Å². The van der Waals surface area contributed by atoms with E-state index < -0.39 is 5.43 Å². The number of fused-ring (bicyclic) bond motifs is 1. The molecule has 0 aliphatic rings. The molecular formula is C29H21FN4O2. The lowest BCUT2D eigenvalue weighted by Gasteiger charge is -2.20. The largest absolute Gasteiger partial charge is 0.454 e. The minimum atomic E-state index is -0.400. The molecule has 0 bridgehead atoms. The molecule has 176 valence electrons. The van der Waals surface area contributed by atoms with Crippen molar-refractivity contribution >= 4 is 16.7 Å². The SMILES string of the molecule is Cc1cc(C(C)Nc2cccnc2-c2ccccc2F)c2oc(-c3cccnc3)c(C#N)c(=O)c2c1. The molecule has 7 heteroatoms.